The predicted molar refractivity (Wildman–Crippen MR) is 63.4 cm³/mol. The van der Waals surface area contributed by atoms with Gasteiger partial charge in [0.25, 0.3) is 0 Å². The van der Waals surface area contributed by atoms with E-state index in [-0.39, 0.29) is 0 Å². The summed E-state index contributed by atoms with van der Waals surface area (Å²) >= 11 is 0. The molecule has 0 saturated carbocycles. The summed E-state index contributed by atoms with van der Waals surface area (Å²) in [5, 5.41) is 15.7. The molecular weight excluding hydrogens is 212 g/mol. The minimum atomic E-state index is -0.803. The van der Waals surface area contributed by atoms with E-state index in [1.54, 1.807) is 0 Å². The van der Waals surface area contributed by atoms with E-state index < -0.39 is 5.66 Å². The van der Waals surface area contributed by atoms with Crippen molar-refractivity contribution >= 4 is 0 Å². The fraction of sp³-hybridized carbons (Fsp3) is 0.0769. The molecule has 0 N–H and O–H groups in total. The van der Waals surface area contributed by atoms with E-state index in [9.17, 15) is 0 Å². The lowest BCUT2D eigenvalue weighted by atomic mass is 9.93. The second-order valence-corrected chi connectivity index (χ2v) is 3.78. The Morgan fingerprint density at radius 2 is 1.00 bits per heavy atom. The Kier molecular flexibility index (Phi) is 2.26. The number of hydrogen-bond acceptors (Lipinski definition) is 4. The molecule has 82 valence electrons. The molecule has 1 aliphatic rings. The highest BCUT2D eigenvalue weighted by Crippen LogP contribution is 2.38. The molecule has 0 saturated heterocycles. The van der Waals surface area contributed by atoms with E-state index >= 15 is 0 Å². The molecule has 2 aromatic rings. The third-order valence-corrected chi connectivity index (χ3v) is 2.77. The van der Waals surface area contributed by atoms with Crippen molar-refractivity contribution in [3.63, 3.8) is 0 Å². The Morgan fingerprint density at radius 3 is 1.41 bits per heavy atom. The van der Waals surface area contributed by atoms with Crippen LogP contribution in [0.15, 0.2) is 81.3 Å². The Morgan fingerprint density at radius 1 is 0.588 bits per heavy atom. The van der Waals surface area contributed by atoms with Gasteiger partial charge in [0, 0.05) is 11.1 Å². The van der Waals surface area contributed by atoms with Crippen LogP contribution in [0.25, 0.3) is 0 Å². The van der Waals surface area contributed by atoms with Gasteiger partial charge >= 0.3 is 0 Å². The van der Waals surface area contributed by atoms with Crippen molar-refractivity contribution in [2.24, 2.45) is 20.7 Å². The smallest absolute Gasteiger partial charge is 0.125 e. The van der Waals surface area contributed by atoms with Crippen molar-refractivity contribution in [2.45, 2.75) is 5.66 Å². The maximum atomic E-state index is 4.20. The lowest BCUT2D eigenvalue weighted by molar-refractivity contribution is 0.565. The van der Waals surface area contributed by atoms with E-state index in [4.69, 9.17) is 0 Å². The summed E-state index contributed by atoms with van der Waals surface area (Å²) in [6.07, 6.45) is 0. The van der Waals surface area contributed by atoms with Crippen molar-refractivity contribution in [2.75, 3.05) is 0 Å². The van der Waals surface area contributed by atoms with Crippen molar-refractivity contribution in [3.05, 3.63) is 71.8 Å². The Hall–Kier alpha value is -2.36. The molecule has 0 aliphatic carbocycles. The van der Waals surface area contributed by atoms with Gasteiger partial charge in [-0.3, -0.25) is 0 Å². The van der Waals surface area contributed by atoms with E-state index in [1.807, 2.05) is 60.7 Å². The summed E-state index contributed by atoms with van der Waals surface area (Å²) < 4.78 is 0. The average molecular weight is 222 g/mol. The molecule has 0 atom stereocenters. The summed E-state index contributed by atoms with van der Waals surface area (Å²) in [7, 11) is 0. The molecule has 0 unspecified atom stereocenters. The Balaban J connectivity index is 2.19. The van der Waals surface area contributed by atoms with E-state index in [1.165, 1.54) is 0 Å². The standard InChI is InChI=1S/C13H10N4/c1-3-7-11(8-4-1)13(14-16-17-15-13)12-9-5-2-6-10-12/h1-10H. The third kappa shape index (κ3) is 1.54. The number of rotatable bonds is 2. The number of nitrogens with zero attached hydrogens (tertiary/aromatic N) is 4. The zero-order chi connectivity index (χ0) is 11.6. The fourth-order valence-electron chi connectivity index (χ4n) is 1.93. The molecular formula is C13H10N4. The molecule has 0 spiro atoms. The van der Waals surface area contributed by atoms with E-state index in [2.05, 4.69) is 20.7 Å². The molecule has 0 aromatic heterocycles. The van der Waals surface area contributed by atoms with Gasteiger partial charge < -0.3 is 0 Å². The van der Waals surface area contributed by atoms with Crippen molar-refractivity contribution in [1.82, 2.24) is 0 Å². The van der Waals surface area contributed by atoms with Gasteiger partial charge in [0.1, 0.15) is 0 Å². The normalized spacial score (nSPS) is 16.2. The van der Waals surface area contributed by atoms with Crippen LogP contribution >= 0.6 is 0 Å². The molecule has 1 heterocycles. The number of hydrogen-bond donors (Lipinski definition) is 0. The predicted octanol–water partition coefficient (Wildman–Crippen LogP) is 3.72. The molecule has 2 aromatic carbocycles. The highest BCUT2D eigenvalue weighted by molar-refractivity contribution is 5.37. The Bertz CT molecular complexity index is 507. The molecule has 3 rings (SSSR count). The van der Waals surface area contributed by atoms with E-state index in [0.717, 1.165) is 11.1 Å². The van der Waals surface area contributed by atoms with Gasteiger partial charge in [-0.15, -0.1) is 10.2 Å². The maximum absolute atomic E-state index is 4.20. The monoisotopic (exact) mass is 222 g/mol. The van der Waals surface area contributed by atoms with E-state index in [0.29, 0.717) is 0 Å². The first kappa shape index (κ1) is 9.84. The molecule has 1 aliphatic heterocycles. The zero-order valence-electron chi connectivity index (χ0n) is 9.06. The zero-order valence-corrected chi connectivity index (χ0v) is 9.06. The summed E-state index contributed by atoms with van der Waals surface area (Å²) in [6, 6.07) is 19.7. The minimum Gasteiger partial charge on any atom is -0.125 e. The van der Waals surface area contributed by atoms with Crippen LogP contribution in [0.3, 0.4) is 0 Å². The molecule has 0 bridgehead atoms. The Labute approximate surface area is 98.7 Å². The maximum Gasteiger partial charge on any atom is 0.245 e. The SMILES string of the molecule is c1ccc(C2(c3ccccc3)N=NN=N2)cc1. The first-order valence-electron chi connectivity index (χ1n) is 5.37. The summed E-state index contributed by atoms with van der Waals surface area (Å²) in [5.74, 6) is 0. The van der Waals surface area contributed by atoms with Gasteiger partial charge in [-0.2, -0.15) is 0 Å². The summed E-state index contributed by atoms with van der Waals surface area (Å²) in [4.78, 5) is 0. The summed E-state index contributed by atoms with van der Waals surface area (Å²) in [5.41, 5.74) is 1.13. The van der Waals surface area contributed by atoms with Crippen molar-refractivity contribution < 1.29 is 0 Å². The van der Waals surface area contributed by atoms with Crippen LogP contribution in [0.1, 0.15) is 11.1 Å². The number of benzene rings is 2. The summed E-state index contributed by atoms with van der Waals surface area (Å²) in [6.45, 7) is 0. The van der Waals surface area contributed by atoms with Crippen molar-refractivity contribution in [1.29, 1.82) is 0 Å². The quantitative estimate of drug-likeness (QED) is 0.743. The molecule has 0 radical (unpaired) electrons. The van der Waals surface area contributed by atoms with Crippen molar-refractivity contribution in [3.8, 4) is 0 Å². The van der Waals surface area contributed by atoms with Gasteiger partial charge in [-0.05, 0) is 10.4 Å². The molecule has 0 amide bonds. The molecule has 0 fully saturated rings. The second kappa shape index (κ2) is 3.90. The van der Waals surface area contributed by atoms with Gasteiger partial charge in [0.05, 0.1) is 0 Å². The highest BCUT2D eigenvalue weighted by Gasteiger charge is 2.37. The van der Waals surface area contributed by atoms with Crippen LogP contribution in [-0.2, 0) is 5.66 Å². The fourth-order valence-corrected chi connectivity index (χ4v) is 1.93. The van der Waals surface area contributed by atoms with Crippen LogP contribution < -0.4 is 0 Å². The molecule has 4 nitrogen and oxygen atoms in total. The topological polar surface area (TPSA) is 49.4 Å². The van der Waals surface area contributed by atoms with Crippen LogP contribution in [0.2, 0.25) is 0 Å². The van der Waals surface area contributed by atoms with Crippen LogP contribution in [0.5, 0.6) is 0 Å². The highest BCUT2D eigenvalue weighted by atomic mass is 15.6. The van der Waals surface area contributed by atoms with Crippen LogP contribution in [-0.4, -0.2) is 0 Å². The third-order valence-electron chi connectivity index (χ3n) is 2.77. The van der Waals surface area contributed by atoms with Gasteiger partial charge in [-0.25, -0.2) is 0 Å². The lowest BCUT2D eigenvalue weighted by Crippen LogP contribution is -2.20. The lowest BCUT2D eigenvalue weighted by Gasteiger charge is -2.20. The molecule has 4 heteroatoms. The minimum absolute atomic E-state index is 0.803. The van der Waals surface area contributed by atoms with Crippen LogP contribution in [0, 0.1) is 0 Å². The second-order valence-electron chi connectivity index (χ2n) is 3.78. The van der Waals surface area contributed by atoms with Gasteiger partial charge in [-0.1, -0.05) is 60.7 Å². The first-order chi connectivity index (χ1) is 8.42. The van der Waals surface area contributed by atoms with Crippen LogP contribution in [0.4, 0.5) is 0 Å². The largest absolute Gasteiger partial charge is 0.245 e. The molecule has 17 heavy (non-hydrogen) atoms. The average Bonchev–Trinajstić information content (AvgIpc) is 2.91. The van der Waals surface area contributed by atoms with Gasteiger partial charge in [0.15, 0.2) is 0 Å². The first-order valence-corrected chi connectivity index (χ1v) is 5.37. The van der Waals surface area contributed by atoms with Gasteiger partial charge in [0.2, 0.25) is 5.66 Å².